The summed E-state index contributed by atoms with van der Waals surface area (Å²) in [7, 11) is 0. The van der Waals surface area contributed by atoms with Gasteiger partial charge in [0.15, 0.2) is 5.82 Å². The first-order valence-corrected chi connectivity index (χ1v) is 6.15. The zero-order valence-corrected chi connectivity index (χ0v) is 11.2. The van der Waals surface area contributed by atoms with Crippen molar-refractivity contribution in [3.63, 3.8) is 0 Å². The fourth-order valence-electron chi connectivity index (χ4n) is 1.80. The summed E-state index contributed by atoms with van der Waals surface area (Å²) in [6.45, 7) is 6.12. The second-order valence-corrected chi connectivity index (χ2v) is 4.39. The van der Waals surface area contributed by atoms with E-state index in [9.17, 15) is 4.39 Å². The standard InChI is InChI=1S/C13H17FN4O/c1-4-18-12(9(3)15)16-17-13(18)19-10-5-6-11(14)8(2)7-10/h5-7,9H,4,15H2,1-3H3/t9-/m1/s1. The molecule has 1 aromatic heterocycles. The van der Waals surface area contributed by atoms with Crippen molar-refractivity contribution in [2.45, 2.75) is 33.4 Å². The van der Waals surface area contributed by atoms with Crippen molar-refractivity contribution in [2.24, 2.45) is 5.73 Å². The minimum absolute atomic E-state index is 0.222. The van der Waals surface area contributed by atoms with Crippen LogP contribution in [0.2, 0.25) is 0 Å². The van der Waals surface area contributed by atoms with Crippen LogP contribution in [0.25, 0.3) is 0 Å². The average molecular weight is 264 g/mol. The monoisotopic (exact) mass is 264 g/mol. The molecule has 5 nitrogen and oxygen atoms in total. The van der Waals surface area contributed by atoms with Gasteiger partial charge in [0.05, 0.1) is 6.04 Å². The maximum absolute atomic E-state index is 13.2. The molecule has 2 rings (SSSR count). The molecule has 0 unspecified atom stereocenters. The maximum Gasteiger partial charge on any atom is 0.322 e. The summed E-state index contributed by atoms with van der Waals surface area (Å²) < 4.78 is 20.6. The second kappa shape index (κ2) is 5.36. The second-order valence-electron chi connectivity index (χ2n) is 4.39. The molecule has 0 saturated heterocycles. The highest BCUT2D eigenvalue weighted by Crippen LogP contribution is 2.23. The van der Waals surface area contributed by atoms with Gasteiger partial charge in [0.25, 0.3) is 0 Å². The molecule has 19 heavy (non-hydrogen) atoms. The minimum Gasteiger partial charge on any atom is -0.424 e. The third-order valence-corrected chi connectivity index (χ3v) is 2.81. The van der Waals surface area contributed by atoms with Crippen LogP contribution < -0.4 is 10.5 Å². The third kappa shape index (κ3) is 2.73. The van der Waals surface area contributed by atoms with Gasteiger partial charge >= 0.3 is 6.01 Å². The van der Waals surface area contributed by atoms with E-state index < -0.39 is 0 Å². The van der Waals surface area contributed by atoms with E-state index in [2.05, 4.69) is 10.2 Å². The quantitative estimate of drug-likeness (QED) is 0.921. The van der Waals surface area contributed by atoms with E-state index in [1.54, 1.807) is 23.6 Å². The number of benzene rings is 1. The Hall–Kier alpha value is -1.95. The molecule has 0 aliphatic rings. The Morgan fingerprint density at radius 1 is 1.42 bits per heavy atom. The van der Waals surface area contributed by atoms with Crippen LogP contribution in [-0.4, -0.2) is 14.8 Å². The molecular formula is C13H17FN4O. The van der Waals surface area contributed by atoms with E-state index in [0.717, 1.165) is 0 Å². The van der Waals surface area contributed by atoms with E-state index in [4.69, 9.17) is 10.5 Å². The van der Waals surface area contributed by atoms with Gasteiger partial charge in [-0.15, -0.1) is 5.10 Å². The normalized spacial score (nSPS) is 12.5. The van der Waals surface area contributed by atoms with Crippen molar-refractivity contribution in [2.75, 3.05) is 0 Å². The Morgan fingerprint density at radius 3 is 2.74 bits per heavy atom. The molecule has 2 aromatic rings. The highest BCUT2D eigenvalue weighted by molar-refractivity contribution is 5.30. The molecule has 0 aliphatic carbocycles. The lowest BCUT2D eigenvalue weighted by Gasteiger charge is -2.10. The third-order valence-electron chi connectivity index (χ3n) is 2.81. The SMILES string of the molecule is CCn1c(Oc2ccc(F)c(C)c2)nnc1[C@@H](C)N. The fourth-order valence-corrected chi connectivity index (χ4v) is 1.80. The molecule has 0 spiro atoms. The lowest BCUT2D eigenvalue weighted by atomic mass is 10.2. The van der Waals surface area contributed by atoms with Gasteiger partial charge in [-0.2, -0.15) is 0 Å². The first kappa shape index (κ1) is 13.5. The van der Waals surface area contributed by atoms with E-state index in [1.807, 2.05) is 13.8 Å². The molecule has 1 heterocycles. The summed E-state index contributed by atoms with van der Waals surface area (Å²) in [6.07, 6.45) is 0. The molecule has 0 aliphatic heterocycles. The van der Waals surface area contributed by atoms with E-state index in [0.29, 0.717) is 29.7 Å². The fraction of sp³-hybridized carbons (Fsp3) is 0.385. The summed E-state index contributed by atoms with van der Waals surface area (Å²) in [5.41, 5.74) is 6.33. The predicted octanol–water partition coefficient (Wildman–Crippen LogP) is 2.56. The van der Waals surface area contributed by atoms with E-state index in [-0.39, 0.29) is 11.9 Å². The van der Waals surface area contributed by atoms with Crippen molar-refractivity contribution in [3.8, 4) is 11.8 Å². The Balaban J connectivity index is 2.30. The Kier molecular flexibility index (Phi) is 3.80. The molecule has 0 saturated carbocycles. The predicted molar refractivity (Wildman–Crippen MR) is 69.5 cm³/mol. The largest absolute Gasteiger partial charge is 0.424 e. The number of rotatable bonds is 4. The van der Waals surface area contributed by atoms with Crippen LogP contribution in [-0.2, 0) is 6.54 Å². The zero-order chi connectivity index (χ0) is 14.0. The number of nitrogens with zero attached hydrogens (tertiary/aromatic N) is 3. The number of aryl methyl sites for hydroxylation is 1. The lowest BCUT2D eigenvalue weighted by molar-refractivity contribution is 0.408. The van der Waals surface area contributed by atoms with Gasteiger partial charge < -0.3 is 10.5 Å². The number of aromatic nitrogens is 3. The number of hydrogen-bond acceptors (Lipinski definition) is 4. The molecule has 0 fully saturated rings. The van der Waals surface area contributed by atoms with Crippen molar-refractivity contribution in [1.29, 1.82) is 0 Å². The molecule has 2 N–H and O–H groups in total. The van der Waals surface area contributed by atoms with Crippen LogP contribution in [0, 0.1) is 12.7 Å². The van der Waals surface area contributed by atoms with Crippen molar-refractivity contribution >= 4 is 0 Å². The van der Waals surface area contributed by atoms with Crippen LogP contribution in [0.1, 0.15) is 31.3 Å². The topological polar surface area (TPSA) is 66.0 Å². The van der Waals surface area contributed by atoms with Crippen molar-refractivity contribution in [3.05, 3.63) is 35.4 Å². The molecule has 0 bridgehead atoms. The average Bonchev–Trinajstić information content (AvgIpc) is 2.76. The van der Waals surface area contributed by atoms with Gasteiger partial charge in [0, 0.05) is 6.54 Å². The van der Waals surface area contributed by atoms with E-state index in [1.165, 1.54) is 6.07 Å². The Bertz CT molecular complexity index is 580. The summed E-state index contributed by atoms with van der Waals surface area (Å²) in [4.78, 5) is 0. The van der Waals surface area contributed by atoms with Gasteiger partial charge in [-0.1, -0.05) is 5.10 Å². The van der Waals surface area contributed by atoms with Gasteiger partial charge in [-0.05, 0) is 44.5 Å². The smallest absolute Gasteiger partial charge is 0.322 e. The van der Waals surface area contributed by atoms with Gasteiger partial charge in [-0.3, -0.25) is 4.57 Å². The number of halogens is 1. The van der Waals surface area contributed by atoms with Gasteiger partial charge in [0.1, 0.15) is 11.6 Å². The van der Waals surface area contributed by atoms with Crippen LogP contribution in [0.3, 0.4) is 0 Å². The van der Waals surface area contributed by atoms with Gasteiger partial charge in [0.2, 0.25) is 0 Å². The zero-order valence-electron chi connectivity index (χ0n) is 11.2. The number of hydrogen-bond donors (Lipinski definition) is 1. The lowest BCUT2D eigenvalue weighted by Crippen LogP contribution is -2.13. The highest BCUT2D eigenvalue weighted by Gasteiger charge is 2.15. The number of ether oxygens (including phenoxy) is 1. The summed E-state index contributed by atoms with van der Waals surface area (Å²) in [6, 6.07) is 4.68. The summed E-state index contributed by atoms with van der Waals surface area (Å²) in [5, 5.41) is 7.98. The highest BCUT2D eigenvalue weighted by atomic mass is 19.1. The summed E-state index contributed by atoms with van der Waals surface area (Å²) >= 11 is 0. The molecule has 102 valence electrons. The van der Waals surface area contributed by atoms with Crippen molar-refractivity contribution < 1.29 is 9.13 Å². The Morgan fingerprint density at radius 2 is 2.16 bits per heavy atom. The molecule has 0 amide bonds. The first-order valence-electron chi connectivity index (χ1n) is 6.15. The molecular weight excluding hydrogens is 247 g/mol. The Labute approximate surface area is 111 Å². The maximum atomic E-state index is 13.2. The minimum atomic E-state index is -0.263. The molecule has 1 aromatic carbocycles. The van der Waals surface area contributed by atoms with Crippen LogP contribution in [0.4, 0.5) is 4.39 Å². The summed E-state index contributed by atoms with van der Waals surface area (Å²) in [5.74, 6) is 0.925. The molecule has 6 heteroatoms. The molecule has 1 atom stereocenters. The van der Waals surface area contributed by atoms with Crippen LogP contribution in [0.15, 0.2) is 18.2 Å². The van der Waals surface area contributed by atoms with E-state index >= 15 is 0 Å². The van der Waals surface area contributed by atoms with Crippen LogP contribution >= 0.6 is 0 Å². The molecule has 0 radical (unpaired) electrons. The van der Waals surface area contributed by atoms with Crippen molar-refractivity contribution in [1.82, 2.24) is 14.8 Å². The first-order chi connectivity index (χ1) is 9.02. The van der Waals surface area contributed by atoms with Gasteiger partial charge in [-0.25, -0.2) is 4.39 Å². The van der Waals surface area contributed by atoms with Crippen LogP contribution in [0.5, 0.6) is 11.8 Å². The number of nitrogens with two attached hydrogens (primary N) is 1.